The maximum absolute atomic E-state index is 13.4. The van der Waals surface area contributed by atoms with Crippen molar-refractivity contribution < 1.29 is 12.8 Å². The molecule has 1 aliphatic heterocycles. The van der Waals surface area contributed by atoms with E-state index < -0.39 is 15.8 Å². The van der Waals surface area contributed by atoms with Crippen LogP contribution in [0.5, 0.6) is 0 Å². The highest BCUT2D eigenvalue weighted by Crippen LogP contribution is 2.25. The standard InChI is InChI=1S/C15H23FN2O2S/c1-3-17-11-13-6-8-18(9-7-13)21(19,20)15-10-14(16)5-4-12(15)2/h4-5,10,13,17H,3,6-9,11H2,1-2H3. The van der Waals surface area contributed by atoms with Crippen molar-refractivity contribution in [1.29, 1.82) is 0 Å². The van der Waals surface area contributed by atoms with E-state index in [2.05, 4.69) is 12.2 Å². The van der Waals surface area contributed by atoms with Gasteiger partial charge in [-0.05, 0) is 56.5 Å². The predicted molar refractivity (Wildman–Crippen MR) is 81.2 cm³/mol. The van der Waals surface area contributed by atoms with Crippen molar-refractivity contribution in [3.8, 4) is 0 Å². The largest absolute Gasteiger partial charge is 0.317 e. The van der Waals surface area contributed by atoms with E-state index in [-0.39, 0.29) is 4.90 Å². The molecule has 1 aromatic rings. The van der Waals surface area contributed by atoms with E-state index in [1.807, 2.05) is 0 Å². The summed E-state index contributed by atoms with van der Waals surface area (Å²) in [5, 5.41) is 3.30. The summed E-state index contributed by atoms with van der Waals surface area (Å²) in [5.41, 5.74) is 0.589. The van der Waals surface area contributed by atoms with Gasteiger partial charge in [-0.1, -0.05) is 13.0 Å². The van der Waals surface area contributed by atoms with Crippen molar-refractivity contribution in [1.82, 2.24) is 9.62 Å². The second-order valence-electron chi connectivity index (χ2n) is 5.56. The molecule has 0 saturated carbocycles. The Bertz CT molecular complexity index is 581. The second kappa shape index (κ2) is 6.85. The van der Waals surface area contributed by atoms with Gasteiger partial charge in [0.05, 0.1) is 4.90 Å². The molecule has 1 fully saturated rings. The number of halogens is 1. The van der Waals surface area contributed by atoms with Gasteiger partial charge in [0.15, 0.2) is 0 Å². The zero-order chi connectivity index (χ0) is 15.5. The van der Waals surface area contributed by atoms with Gasteiger partial charge in [-0.2, -0.15) is 4.31 Å². The average molecular weight is 314 g/mol. The van der Waals surface area contributed by atoms with E-state index in [0.717, 1.165) is 32.0 Å². The lowest BCUT2D eigenvalue weighted by Gasteiger charge is -2.31. The molecule has 0 radical (unpaired) electrons. The zero-order valence-corrected chi connectivity index (χ0v) is 13.4. The van der Waals surface area contributed by atoms with E-state index in [1.54, 1.807) is 6.92 Å². The van der Waals surface area contributed by atoms with E-state index >= 15 is 0 Å². The van der Waals surface area contributed by atoms with E-state index in [4.69, 9.17) is 0 Å². The molecule has 1 heterocycles. The van der Waals surface area contributed by atoms with Crippen LogP contribution in [-0.2, 0) is 10.0 Å². The van der Waals surface area contributed by atoms with Gasteiger partial charge in [-0.25, -0.2) is 12.8 Å². The van der Waals surface area contributed by atoms with Crippen molar-refractivity contribution >= 4 is 10.0 Å². The molecule has 21 heavy (non-hydrogen) atoms. The van der Waals surface area contributed by atoms with Gasteiger partial charge in [-0.15, -0.1) is 0 Å². The summed E-state index contributed by atoms with van der Waals surface area (Å²) in [6, 6.07) is 3.92. The lowest BCUT2D eigenvalue weighted by Crippen LogP contribution is -2.40. The number of nitrogens with one attached hydrogen (secondary N) is 1. The molecule has 0 atom stereocenters. The van der Waals surface area contributed by atoms with Crippen LogP contribution in [0, 0.1) is 18.7 Å². The minimum Gasteiger partial charge on any atom is -0.317 e. The van der Waals surface area contributed by atoms with Crippen LogP contribution in [0.1, 0.15) is 25.3 Å². The molecule has 1 aliphatic rings. The van der Waals surface area contributed by atoms with Gasteiger partial charge < -0.3 is 5.32 Å². The van der Waals surface area contributed by atoms with Crippen molar-refractivity contribution in [3.05, 3.63) is 29.6 Å². The molecule has 1 aromatic carbocycles. The molecule has 0 unspecified atom stereocenters. The minimum atomic E-state index is -3.59. The average Bonchev–Trinajstić information content (AvgIpc) is 2.48. The summed E-state index contributed by atoms with van der Waals surface area (Å²) in [4.78, 5) is 0.0904. The number of aryl methyl sites for hydroxylation is 1. The summed E-state index contributed by atoms with van der Waals surface area (Å²) >= 11 is 0. The van der Waals surface area contributed by atoms with Gasteiger partial charge in [0.2, 0.25) is 10.0 Å². The molecule has 6 heteroatoms. The first-order valence-corrected chi connectivity index (χ1v) is 8.86. The highest BCUT2D eigenvalue weighted by molar-refractivity contribution is 7.89. The van der Waals surface area contributed by atoms with Crippen LogP contribution in [-0.4, -0.2) is 38.9 Å². The number of benzene rings is 1. The number of piperidine rings is 1. The third kappa shape index (κ3) is 3.81. The van der Waals surface area contributed by atoms with E-state index in [9.17, 15) is 12.8 Å². The topological polar surface area (TPSA) is 49.4 Å². The molecular formula is C15H23FN2O2S. The van der Waals surface area contributed by atoms with Crippen LogP contribution in [0.15, 0.2) is 23.1 Å². The smallest absolute Gasteiger partial charge is 0.243 e. The number of sulfonamides is 1. The Morgan fingerprint density at radius 3 is 2.62 bits per heavy atom. The molecule has 0 amide bonds. The quantitative estimate of drug-likeness (QED) is 0.906. The highest BCUT2D eigenvalue weighted by Gasteiger charge is 2.30. The molecule has 1 N–H and O–H groups in total. The van der Waals surface area contributed by atoms with Crippen LogP contribution in [0.4, 0.5) is 4.39 Å². The Hall–Kier alpha value is -0.980. The second-order valence-corrected chi connectivity index (χ2v) is 7.47. The fourth-order valence-electron chi connectivity index (χ4n) is 2.69. The van der Waals surface area contributed by atoms with Crippen LogP contribution in [0.25, 0.3) is 0 Å². The third-order valence-corrected chi connectivity index (χ3v) is 6.07. The predicted octanol–water partition coefficient (Wildman–Crippen LogP) is 2.14. The Balaban J connectivity index is 2.10. The summed E-state index contributed by atoms with van der Waals surface area (Å²) < 4.78 is 40.1. The first-order valence-electron chi connectivity index (χ1n) is 7.42. The SMILES string of the molecule is CCNCC1CCN(S(=O)(=O)c2cc(F)ccc2C)CC1. The maximum Gasteiger partial charge on any atom is 0.243 e. The molecule has 0 aliphatic carbocycles. The Morgan fingerprint density at radius 1 is 1.33 bits per heavy atom. The summed E-state index contributed by atoms with van der Waals surface area (Å²) in [7, 11) is -3.59. The number of hydrogen-bond acceptors (Lipinski definition) is 3. The van der Waals surface area contributed by atoms with Gasteiger partial charge in [0, 0.05) is 13.1 Å². The van der Waals surface area contributed by atoms with Crippen molar-refractivity contribution in [2.45, 2.75) is 31.6 Å². The Kier molecular flexibility index (Phi) is 5.35. The zero-order valence-electron chi connectivity index (χ0n) is 12.6. The third-order valence-electron chi connectivity index (χ3n) is 4.02. The van der Waals surface area contributed by atoms with E-state index in [1.165, 1.54) is 16.4 Å². The van der Waals surface area contributed by atoms with Crippen LogP contribution in [0.2, 0.25) is 0 Å². The lowest BCUT2D eigenvalue weighted by atomic mass is 9.98. The van der Waals surface area contributed by atoms with E-state index in [0.29, 0.717) is 24.6 Å². The van der Waals surface area contributed by atoms with Crippen molar-refractivity contribution in [2.75, 3.05) is 26.2 Å². The lowest BCUT2D eigenvalue weighted by molar-refractivity contribution is 0.268. The van der Waals surface area contributed by atoms with Gasteiger partial charge in [0.25, 0.3) is 0 Å². The Labute approximate surface area is 126 Å². The first-order chi connectivity index (χ1) is 9.95. The van der Waals surface area contributed by atoms with Crippen molar-refractivity contribution in [2.24, 2.45) is 5.92 Å². The van der Waals surface area contributed by atoms with Gasteiger partial charge >= 0.3 is 0 Å². The highest BCUT2D eigenvalue weighted by atomic mass is 32.2. The maximum atomic E-state index is 13.4. The molecule has 0 bridgehead atoms. The number of rotatable bonds is 5. The fourth-order valence-corrected chi connectivity index (χ4v) is 4.40. The normalized spacial score (nSPS) is 18.0. The van der Waals surface area contributed by atoms with Gasteiger partial charge in [0.1, 0.15) is 5.82 Å². The molecule has 2 rings (SSSR count). The fraction of sp³-hybridized carbons (Fsp3) is 0.600. The summed E-state index contributed by atoms with van der Waals surface area (Å²) in [6.07, 6.45) is 1.70. The molecule has 4 nitrogen and oxygen atoms in total. The summed E-state index contributed by atoms with van der Waals surface area (Å²) in [5.74, 6) is 0.00575. The summed E-state index contributed by atoms with van der Waals surface area (Å²) in [6.45, 7) is 6.64. The first kappa shape index (κ1) is 16.4. The molecule has 0 aromatic heterocycles. The monoisotopic (exact) mass is 314 g/mol. The van der Waals surface area contributed by atoms with Crippen LogP contribution < -0.4 is 5.32 Å². The molecule has 0 spiro atoms. The van der Waals surface area contributed by atoms with Gasteiger partial charge in [-0.3, -0.25) is 0 Å². The minimum absolute atomic E-state index is 0.0904. The van der Waals surface area contributed by atoms with Crippen LogP contribution in [0.3, 0.4) is 0 Å². The number of nitrogens with zero attached hydrogens (tertiary/aromatic N) is 1. The molecule has 118 valence electrons. The Morgan fingerprint density at radius 2 is 2.00 bits per heavy atom. The molecule has 1 saturated heterocycles. The van der Waals surface area contributed by atoms with Crippen LogP contribution >= 0.6 is 0 Å². The molecular weight excluding hydrogens is 291 g/mol. The number of hydrogen-bond donors (Lipinski definition) is 1. The van der Waals surface area contributed by atoms with Crippen molar-refractivity contribution in [3.63, 3.8) is 0 Å².